The van der Waals surface area contributed by atoms with Crippen molar-refractivity contribution >= 4 is 23.3 Å². The molecular formula is C16H22ClNO2. The fraction of sp³-hybridized carbons (Fsp3) is 0.562. The van der Waals surface area contributed by atoms with Crippen LogP contribution in [0.4, 0.5) is 5.69 Å². The normalized spacial score (nSPS) is 16.6. The Labute approximate surface area is 125 Å². The zero-order chi connectivity index (χ0) is 14.4. The fourth-order valence-electron chi connectivity index (χ4n) is 2.93. The van der Waals surface area contributed by atoms with Crippen LogP contribution in [0.25, 0.3) is 0 Å². The van der Waals surface area contributed by atoms with Crippen LogP contribution in [0.1, 0.15) is 38.5 Å². The smallest absolute Gasteiger partial charge is 0.323 e. The van der Waals surface area contributed by atoms with Crippen molar-refractivity contribution in [1.82, 2.24) is 0 Å². The van der Waals surface area contributed by atoms with E-state index in [0.717, 1.165) is 12.2 Å². The molecule has 1 aromatic rings. The van der Waals surface area contributed by atoms with Gasteiger partial charge in [-0.05, 0) is 43.0 Å². The molecule has 0 amide bonds. The fourth-order valence-corrected chi connectivity index (χ4v) is 3.06. The van der Waals surface area contributed by atoms with Gasteiger partial charge in [0.25, 0.3) is 0 Å². The third-order valence-electron chi connectivity index (χ3n) is 3.97. The first-order valence-corrected chi connectivity index (χ1v) is 7.75. The number of carbonyl (C=O) groups is 1. The van der Waals surface area contributed by atoms with Gasteiger partial charge in [-0.15, -0.1) is 0 Å². The lowest BCUT2D eigenvalue weighted by molar-refractivity contribution is -0.135. The monoisotopic (exact) mass is 295 g/mol. The Morgan fingerprint density at radius 3 is 2.30 bits per heavy atom. The van der Waals surface area contributed by atoms with Crippen LogP contribution in [0.3, 0.4) is 0 Å². The van der Waals surface area contributed by atoms with E-state index in [-0.39, 0.29) is 6.54 Å². The lowest BCUT2D eigenvalue weighted by Crippen LogP contribution is -2.34. The highest BCUT2D eigenvalue weighted by molar-refractivity contribution is 6.30. The van der Waals surface area contributed by atoms with E-state index in [4.69, 9.17) is 16.7 Å². The zero-order valence-corrected chi connectivity index (χ0v) is 12.5. The van der Waals surface area contributed by atoms with Gasteiger partial charge in [-0.2, -0.15) is 0 Å². The Balaban J connectivity index is 2.06. The Hall–Kier alpha value is -1.22. The molecule has 0 atom stereocenters. The Bertz CT molecular complexity index is 425. The number of rotatable bonds is 5. The number of carboxylic acids is 1. The minimum absolute atomic E-state index is 0.0537. The first-order chi connectivity index (χ1) is 9.65. The number of hydrogen-bond donors (Lipinski definition) is 1. The summed E-state index contributed by atoms with van der Waals surface area (Å²) in [7, 11) is 0. The second-order valence-electron chi connectivity index (χ2n) is 5.61. The van der Waals surface area contributed by atoms with E-state index in [9.17, 15) is 4.79 Å². The van der Waals surface area contributed by atoms with Crippen LogP contribution in [-0.2, 0) is 4.79 Å². The summed E-state index contributed by atoms with van der Waals surface area (Å²) in [5.74, 6) is -0.180. The van der Waals surface area contributed by atoms with Crippen LogP contribution in [-0.4, -0.2) is 24.2 Å². The number of anilines is 1. The SMILES string of the molecule is O=C(O)CN(CC1CCCCCC1)c1ccc(Cl)cc1. The van der Waals surface area contributed by atoms with Crippen molar-refractivity contribution in [2.75, 3.05) is 18.0 Å². The van der Waals surface area contributed by atoms with Crippen LogP contribution < -0.4 is 4.90 Å². The predicted molar refractivity (Wildman–Crippen MR) is 82.5 cm³/mol. The van der Waals surface area contributed by atoms with E-state index in [1.54, 1.807) is 0 Å². The molecule has 1 aliphatic rings. The van der Waals surface area contributed by atoms with Gasteiger partial charge in [-0.3, -0.25) is 4.79 Å². The second kappa shape index (κ2) is 7.53. The third-order valence-corrected chi connectivity index (χ3v) is 4.22. The first kappa shape index (κ1) is 15.2. The van der Waals surface area contributed by atoms with Crippen molar-refractivity contribution in [3.05, 3.63) is 29.3 Å². The average Bonchev–Trinajstić information content (AvgIpc) is 2.67. The quantitative estimate of drug-likeness (QED) is 0.828. The van der Waals surface area contributed by atoms with Crippen LogP contribution in [0.15, 0.2) is 24.3 Å². The molecule has 1 fully saturated rings. The molecule has 0 spiro atoms. The van der Waals surface area contributed by atoms with Crippen molar-refractivity contribution in [2.45, 2.75) is 38.5 Å². The van der Waals surface area contributed by atoms with Crippen molar-refractivity contribution in [3.63, 3.8) is 0 Å². The first-order valence-electron chi connectivity index (χ1n) is 7.37. The molecule has 0 unspecified atom stereocenters. The molecule has 0 aliphatic heterocycles. The van der Waals surface area contributed by atoms with E-state index in [1.807, 2.05) is 29.2 Å². The van der Waals surface area contributed by atoms with E-state index in [1.165, 1.54) is 38.5 Å². The molecule has 20 heavy (non-hydrogen) atoms. The highest BCUT2D eigenvalue weighted by Crippen LogP contribution is 2.26. The molecule has 0 aromatic heterocycles. The van der Waals surface area contributed by atoms with E-state index >= 15 is 0 Å². The molecule has 3 nitrogen and oxygen atoms in total. The Kier molecular flexibility index (Phi) is 5.72. The van der Waals surface area contributed by atoms with Gasteiger partial charge >= 0.3 is 5.97 Å². The molecule has 1 aromatic carbocycles. The third kappa shape index (κ3) is 4.71. The Morgan fingerprint density at radius 2 is 1.75 bits per heavy atom. The van der Waals surface area contributed by atoms with Gasteiger partial charge in [-0.25, -0.2) is 0 Å². The maximum Gasteiger partial charge on any atom is 0.323 e. The van der Waals surface area contributed by atoms with Gasteiger partial charge in [0.05, 0.1) is 0 Å². The lowest BCUT2D eigenvalue weighted by Gasteiger charge is -2.27. The maximum atomic E-state index is 11.1. The summed E-state index contributed by atoms with van der Waals surface area (Å²) in [5.41, 5.74) is 0.945. The number of benzene rings is 1. The maximum absolute atomic E-state index is 11.1. The summed E-state index contributed by atoms with van der Waals surface area (Å²) >= 11 is 5.90. The number of halogens is 1. The van der Waals surface area contributed by atoms with Gasteiger partial charge in [0.15, 0.2) is 0 Å². The average molecular weight is 296 g/mol. The van der Waals surface area contributed by atoms with Gasteiger partial charge < -0.3 is 10.0 Å². The molecule has 0 bridgehead atoms. The molecule has 0 radical (unpaired) electrons. The minimum atomic E-state index is -0.784. The predicted octanol–water partition coefficient (Wildman–Crippen LogP) is 4.20. The van der Waals surface area contributed by atoms with Crippen LogP contribution in [0.5, 0.6) is 0 Å². The largest absolute Gasteiger partial charge is 0.480 e. The molecule has 2 rings (SSSR count). The number of aliphatic carboxylic acids is 1. The molecule has 0 heterocycles. The molecule has 110 valence electrons. The van der Waals surface area contributed by atoms with Crippen molar-refractivity contribution in [1.29, 1.82) is 0 Å². The molecule has 1 saturated carbocycles. The summed E-state index contributed by atoms with van der Waals surface area (Å²) in [5, 5.41) is 9.80. The summed E-state index contributed by atoms with van der Waals surface area (Å²) in [6, 6.07) is 7.45. The number of hydrogen-bond acceptors (Lipinski definition) is 2. The minimum Gasteiger partial charge on any atom is -0.480 e. The van der Waals surface area contributed by atoms with Gasteiger partial charge in [0.2, 0.25) is 0 Å². The highest BCUT2D eigenvalue weighted by Gasteiger charge is 2.18. The van der Waals surface area contributed by atoms with E-state index < -0.39 is 5.97 Å². The van der Waals surface area contributed by atoms with Crippen molar-refractivity contribution in [2.24, 2.45) is 5.92 Å². The van der Waals surface area contributed by atoms with Gasteiger partial charge in [-0.1, -0.05) is 37.3 Å². The topological polar surface area (TPSA) is 40.5 Å². The standard InChI is InChI=1S/C16H22ClNO2/c17-14-7-9-15(10-8-14)18(12-16(19)20)11-13-5-3-1-2-4-6-13/h7-10,13H,1-6,11-12H2,(H,19,20). The Morgan fingerprint density at radius 1 is 1.15 bits per heavy atom. The summed E-state index contributed by atoms with van der Waals surface area (Å²) < 4.78 is 0. The van der Waals surface area contributed by atoms with E-state index in [0.29, 0.717) is 10.9 Å². The van der Waals surface area contributed by atoms with Crippen molar-refractivity contribution < 1.29 is 9.90 Å². The molecule has 1 N–H and O–H groups in total. The second-order valence-corrected chi connectivity index (χ2v) is 6.04. The van der Waals surface area contributed by atoms with Crippen LogP contribution >= 0.6 is 11.6 Å². The molecular weight excluding hydrogens is 274 g/mol. The van der Waals surface area contributed by atoms with Crippen molar-refractivity contribution in [3.8, 4) is 0 Å². The molecule has 1 aliphatic carbocycles. The lowest BCUT2D eigenvalue weighted by atomic mass is 9.99. The zero-order valence-electron chi connectivity index (χ0n) is 11.7. The number of carboxylic acid groups (broad SMARTS) is 1. The van der Waals surface area contributed by atoms with Gasteiger partial charge in [0, 0.05) is 17.3 Å². The van der Waals surface area contributed by atoms with Crippen LogP contribution in [0.2, 0.25) is 5.02 Å². The molecule has 0 saturated heterocycles. The summed E-state index contributed by atoms with van der Waals surface area (Å²) in [6.45, 7) is 0.881. The summed E-state index contributed by atoms with van der Waals surface area (Å²) in [6.07, 6.45) is 7.60. The van der Waals surface area contributed by atoms with E-state index in [2.05, 4.69) is 0 Å². The van der Waals surface area contributed by atoms with Crippen LogP contribution in [0, 0.1) is 5.92 Å². The molecule has 4 heteroatoms. The summed E-state index contributed by atoms with van der Waals surface area (Å²) in [4.78, 5) is 13.1. The van der Waals surface area contributed by atoms with Gasteiger partial charge in [0.1, 0.15) is 6.54 Å². The highest BCUT2D eigenvalue weighted by atomic mass is 35.5. The number of nitrogens with zero attached hydrogens (tertiary/aromatic N) is 1.